The molecule has 0 atom stereocenters. The Hall–Kier alpha value is -0.500. The van der Waals surface area contributed by atoms with E-state index < -0.39 is 10.0 Å². The van der Waals surface area contributed by atoms with Crippen LogP contribution in [0, 0.1) is 0 Å². The molecule has 230 valence electrons. The van der Waals surface area contributed by atoms with Gasteiger partial charge in [-0.3, -0.25) is 24.5 Å². The van der Waals surface area contributed by atoms with Gasteiger partial charge < -0.3 is 20.7 Å². The lowest BCUT2D eigenvalue weighted by Crippen LogP contribution is -2.30. The van der Waals surface area contributed by atoms with Crippen molar-refractivity contribution in [2.24, 2.45) is 0 Å². The maximum Gasteiger partial charge on any atom is 0.315 e. The van der Waals surface area contributed by atoms with Gasteiger partial charge in [-0.05, 0) is 31.3 Å². The van der Waals surface area contributed by atoms with Crippen molar-refractivity contribution in [3.63, 3.8) is 0 Å². The van der Waals surface area contributed by atoms with Crippen LogP contribution in [0.4, 0.5) is 0 Å². The van der Waals surface area contributed by atoms with Gasteiger partial charge in [0.2, 0.25) is 27.7 Å². The Balaban J connectivity index is -0.000000120. The van der Waals surface area contributed by atoms with E-state index in [4.69, 9.17) is 0 Å². The zero-order chi connectivity index (χ0) is 30.8. The summed E-state index contributed by atoms with van der Waals surface area (Å²) in [4.78, 5) is 41.0. The SMILES string of the molecule is CNC(=O)CNCSC.CNC(=O)CSC.COC(=O)CSC.CSCNC(C)=O.CSCNS(C)(=O)=O. The summed E-state index contributed by atoms with van der Waals surface area (Å²) in [6.07, 6.45) is 10.7. The fraction of sp³-hybridized carbons (Fsp3) is 0.800. The van der Waals surface area contributed by atoms with Gasteiger partial charge in [0.15, 0.2) is 0 Å². The first-order valence-corrected chi connectivity index (χ1v) is 19.4. The van der Waals surface area contributed by atoms with Crippen molar-refractivity contribution in [2.75, 3.05) is 94.4 Å². The Labute approximate surface area is 251 Å². The summed E-state index contributed by atoms with van der Waals surface area (Å²) in [5.41, 5.74) is 0. The van der Waals surface area contributed by atoms with E-state index in [0.29, 0.717) is 23.9 Å². The first-order valence-electron chi connectivity index (χ1n) is 10.6. The maximum absolute atomic E-state index is 10.5. The molecule has 0 spiro atoms. The average Bonchev–Trinajstić information content (AvgIpc) is 2.87. The minimum atomic E-state index is -2.96. The number of likely N-dealkylation sites (N-methyl/N-ethyl adjacent to an activating group) is 1. The Morgan fingerprint density at radius 2 is 1.21 bits per heavy atom. The number of esters is 1. The second-order valence-corrected chi connectivity index (χ2v) is 12.3. The Kier molecular flexibility index (Phi) is 48.1. The fourth-order valence-corrected chi connectivity index (χ4v) is 3.82. The Bertz CT molecular complexity index is 657. The predicted octanol–water partition coefficient (Wildman–Crippen LogP) is 0.559. The fourth-order valence-electron chi connectivity index (χ4n) is 1.07. The molecule has 0 heterocycles. The highest BCUT2D eigenvalue weighted by Crippen LogP contribution is 1.90. The van der Waals surface area contributed by atoms with Crippen molar-refractivity contribution < 1.29 is 32.3 Å². The molecule has 3 amide bonds. The summed E-state index contributed by atoms with van der Waals surface area (Å²) in [6, 6.07) is 0. The molecule has 0 rings (SSSR count). The summed E-state index contributed by atoms with van der Waals surface area (Å²) in [5, 5.41) is 10.6. The first-order chi connectivity index (χ1) is 17.8. The minimum absolute atomic E-state index is 0.0315. The summed E-state index contributed by atoms with van der Waals surface area (Å²) in [7, 11) is 1.70. The number of carbonyl (C=O) groups excluding carboxylic acids is 4. The lowest BCUT2D eigenvalue weighted by Gasteiger charge is -1.99. The molecule has 0 saturated heterocycles. The van der Waals surface area contributed by atoms with Crippen LogP contribution in [0.5, 0.6) is 0 Å². The van der Waals surface area contributed by atoms with E-state index in [1.807, 2.05) is 31.3 Å². The van der Waals surface area contributed by atoms with E-state index in [1.54, 1.807) is 37.6 Å². The summed E-state index contributed by atoms with van der Waals surface area (Å²) in [6.45, 7) is 1.92. The van der Waals surface area contributed by atoms with E-state index >= 15 is 0 Å². The van der Waals surface area contributed by atoms with Crippen LogP contribution >= 0.6 is 58.8 Å². The van der Waals surface area contributed by atoms with Gasteiger partial charge in [0.25, 0.3) is 0 Å². The molecule has 0 saturated carbocycles. The number of amides is 3. The molecule has 0 fully saturated rings. The van der Waals surface area contributed by atoms with Crippen LogP contribution in [0.25, 0.3) is 0 Å². The van der Waals surface area contributed by atoms with Crippen LogP contribution in [0.3, 0.4) is 0 Å². The van der Waals surface area contributed by atoms with E-state index in [1.165, 1.54) is 49.3 Å². The van der Waals surface area contributed by atoms with Crippen molar-refractivity contribution in [2.45, 2.75) is 6.92 Å². The van der Waals surface area contributed by atoms with Gasteiger partial charge in [-0.25, -0.2) is 13.1 Å². The van der Waals surface area contributed by atoms with Crippen LogP contribution < -0.4 is 26.0 Å². The number of hydrogen-bond donors (Lipinski definition) is 5. The lowest BCUT2D eigenvalue weighted by atomic mass is 10.6. The molecule has 0 aromatic rings. The van der Waals surface area contributed by atoms with Gasteiger partial charge in [-0.2, -0.15) is 23.5 Å². The van der Waals surface area contributed by atoms with Crippen molar-refractivity contribution in [1.82, 2.24) is 26.0 Å². The largest absolute Gasteiger partial charge is 0.468 e. The number of hydrogen-bond acceptors (Lipinski definition) is 13. The molecular formula is C20H47N5O7S6. The lowest BCUT2D eigenvalue weighted by molar-refractivity contribution is -0.137. The van der Waals surface area contributed by atoms with E-state index in [2.05, 4.69) is 30.7 Å². The van der Waals surface area contributed by atoms with Crippen LogP contribution in [-0.4, -0.2) is 127 Å². The molecule has 5 N–H and O–H groups in total. The Morgan fingerprint density at radius 1 is 0.737 bits per heavy atom. The number of sulfonamides is 1. The van der Waals surface area contributed by atoms with E-state index in [0.717, 1.165) is 18.0 Å². The van der Waals surface area contributed by atoms with Crippen molar-refractivity contribution in [1.29, 1.82) is 0 Å². The van der Waals surface area contributed by atoms with Crippen LogP contribution in [0.2, 0.25) is 0 Å². The normalized spacial score (nSPS) is 9.21. The molecule has 0 aliphatic rings. The second-order valence-electron chi connectivity index (χ2n) is 6.16. The topological polar surface area (TPSA) is 172 Å². The highest BCUT2D eigenvalue weighted by molar-refractivity contribution is 8.00. The number of ether oxygens (including phenoxy) is 1. The third kappa shape index (κ3) is 65.0. The molecule has 38 heavy (non-hydrogen) atoms. The van der Waals surface area contributed by atoms with E-state index in [-0.39, 0.29) is 23.7 Å². The van der Waals surface area contributed by atoms with Gasteiger partial charge in [0.05, 0.1) is 43.2 Å². The van der Waals surface area contributed by atoms with Crippen LogP contribution in [-0.2, 0) is 33.9 Å². The summed E-state index contributed by atoms with van der Waals surface area (Å²) in [5.74, 6) is 3.02. The molecule has 0 aliphatic carbocycles. The van der Waals surface area contributed by atoms with Crippen LogP contribution in [0.1, 0.15) is 6.92 Å². The van der Waals surface area contributed by atoms with Crippen molar-refractivity contribution >= 4 is 92.5 Å². The highest BCUT2D eigenvalue weighted by atomic mass is 32.2. The third-order valence-electron chi connectivity index (χ3n) is 2.79. The first kappa shape index (κ1) is 47.3. The van der Waals surface area contributed by atoms with Gasteiger partial charge in [-0.15, -0.1) is 35.3 Å². The molecule has 0 aromatic carbocycles. The Morgan fingerprint density at radius 3 is 1.42 bits per heavy atom. The minimum Gasteiger partial charge on any atom is -0.468 e. The highest BCUT2D eigenvalue weighted by Gasteiger charge is 1.95. The zero-order valence-corrected chi connectivity index (χ0v) is 28.9. The van der Waals surface area contributed by atoms with Gasteiger partial charge in [-0.1, -0.05) is 0 Å². The third-order valence-corrected chi connectivity index (χ3v) is 6.07. The van der Waals surface area contributed by atoms with Crippen molar-refractivity contribution in [3.05, 3.63) is 0 Å². The zero-order valence-electron chi connectivity index (χ0n) is 24.0. The summed E-state index contributed by atoms with van der Waals surface area (Å²) >= 11 is 7.68. The number of carbonyl (C=O) groups is 4. The number of methoxy groups -OCH3 is 1. The second kappa shape index (κ2) is 38.6. The average molecular weight is 662 g/mol. The quantitative estimate of drug-likeness (QED) is 0.105. The molecular weight excluding hydrogens is 615 g/mol. The van der Waals surface area contributed by atoms with Gasteiger partial charge in [0, 0.05) is 26.9 Å². The molecule has 18 heteroatoms. The smallest absolute Gasteiger partial charge is 0.315 e. The number of thioether (sulfide) groups is 5. The van der Waals surface area contributed by atoms with Gasteiger partial charge in [0.1, 0.15) is 0 Å². The standard InChI is InChI=1S/C5H12N2OS.2C4H9NOS.C4H8O2S.C3H9NO2S2/c1-6-5(8)3-7-4-9-2;1-5-4(6)3-7-2;1-4(6)5-3-7-2;1-6-4(5)3-7-2;1-7-3-4-8(2,5)6/h7H,3-4H2,1-2H3,(H,6,8);2*3H2,1-2H3,(H,5,6);3H2,1-2H3;4H,3H2,1-2H3. The van der Waals surface area contributed by atoms with Gasteiger partial charge >= 0.3 is 5.97 Å². The van der Waals surface area contributed by atoms with Crippen LogP contribution in [0.15, 0.2) is 0 Å². The molecule has 0 unspecified atom stereocenters. The number of nitrogens with one attached hydrogen (secondary N) is 5. The molecule has 0 radical (unpaired) electrons. The molecule has 0 aromatic heterocycles. The predicted molar refractivity (Wildman–Crippen MR) is 172 cm³/mol. The molecule has 0 bridgehead atoms. The van der Waals surface area contributed by atoms with Crippen molar-refractivity contribution in [3.8, 4) is 0 Å². The number of rotatable bonds is 13. The monoisotopic (exact) mass is 661 g/mol. The molecule has 12 nitrogen and oxygen atoms in total. The molecule has 0 aliphatic heterocycles. The van der Waals surface area contributed by atoms with E-state index in [9.17, 15) is 27.6 Å². The maximum atomic E-state index is 10.5. The summed E-state index contributed by atoms with van der Waals surface area (Å²) < 4.78 is 27.2.